The maximum atomic E-state index is 14.5. The molecule has 184 valence electrons. The lowest BCUT2D eigenvalue weighted by Gasteiger charge is -2.19. The normalized spacial score (nSPS) is 17.5. The van der Waals surface area contributed by atoms with Crippen molar-refractivity contribution in [3.05, 3.63) is 70.5 Å². The van der Waals surface area contributed by atoms with E-state index in [4.69, 9.17) is 11.5 Å². The third kappa shape index (κ3) is 4.72. The lowest BCUT2D eigenvalue weighted by Crippen LogP contribution is -2.31. The number of nitrogens with zero attached hydrogens (tertiary/aromatic N) is 3. The van der Waals surface area contributed by atoms with Gasteiger partial charge in [0.1, 0.15) is 28.9 Å². The van der Waals surface area contributed by atoms with Crippen LogP contribution in [0.2, 0.25) is 0 Å². The molecule has 4 rings (SSSR count). The van der Waals surface area contributed by atoms with Crippen LogP contribution in [0.15, 0.2) is 42.5 Å². The molecule has 1 aliphatic heterocycles. The van der Waals surface area contributed by atoms with Gasteiger partial charge in [-0.15, -0.1) is 0 Å². The van der Waals surface area contributed by atoms with Crippen molar-refractivity contribution in [2.24, 2.45) is 5.73 Å². The lowest BCUT2D eigenvalue weighted by atomic mass is 10.0. The number of primary amides is 1. The van der Waals surface area contributed by atoms with Gasteiger partial charge in [-0.05, 0) is 37.2 Å². The summed E-state index contributed by atoms with van der Waals surface area (Å²) in [5, 5.41) is 6.98. The minimum absolute atomic E-state index is 0.0138. The molecule has 11 heteroatoms. The average molecular weight is 486 g/mol. The molecule has 0 saturated carbocycles. The Morgan fingerprint density at radius 2 is 1.89 bits per heavy atom. The van der Waals surface area contributed by atoms with Gasteiger partial charge in [-0.2, -0.15) is 5.10 Å². The molecule has 1 aliphatic rings. The van der Waals surface area contributed by atoms with Gasteiger partial charge >= 0.3 is 0 Å². The second kappa shape index (κ2) is 9.06. The van der Waals surface area contributed by atoms with Crippen LogP contribution in [0.4, 0.5) is 19.0 Å². The first-order valence-electron chi connectivity index (χ1n) is 10.9. The summed E-state index contributed by atoms with van der Waals surface area (Å²) < 4.78 is 43.5. The Morgan fingerprint density at radius 3 is 2.49 bits per heavy atom. The summed E-state index contributed by atoms with van der Waals surface area (Å²) in [5.74, 6) is -5.09. The van der Waals surface area contributed by atoms with Gasteiger partial charge in [-0.3, -0.25) is 14.5 Å². The molecule has 3 aromatic rings. The summed E-state index contributed by atoms with van der Waals surface area (Å²) in [7, 11) is 1.57. The van der Waals surface area contributed by atoms with Crippen LogP contribution >= 0.6 is 0 Å². The number of likely N-dealkylation sites (N-methyl/N-ethyl adjacent to an activating group) is 1. The first kappa shape index (κ1) is 24.3. The van der Waals surface area contributed by atoms with E-state index in [1.165, 1.54) is 23.1 Å². The number of aryl methyl sites for hydroxylation is 1. The number of rotatable bonds is 6. The van der Waals surface area contributed by atoms with Gasteiger partial charge in [0.05, 0.1) is 6.54 Å². The molecule has 8 nitrogen and oxygen atoms in total. The highest BCUT2D eigenvalue weighted by molar-refractivity contribution is 6.03. The van der Waals surface area contributed by atoms with E-state index in [9.17, 15) is 22.8 Å². The monoisotopic (exact) mass is 486 g/mol. The molecule has 1 fully saturated rings. The number of aromatic nitrogens is 2. The third-order valence-electron chi connectivity index (χ3n) is 6.07. The zero-order valence-corrected chi connectivity index (χ0v) is 19.2. The molecule has 0 aliphatic carbocycles. The fourth-order valence-electron chi connectivity index (χ4n) is 4.24. The summed E-state index contributed by atoms with van der Waals surface area (Å²) in [5.41, 5.74) is 13.6. The predicted molar refractivity (Wildman–Crippen MR) is 124 cm³/mol. The van der Waals surface area contributed by atoms with Crippen LogP contribution in [0.5, 0.6) is 0 Å². The van der Waals surface area contributed by atoms with Crippen molar-refractivity contribution >= 4 is 17.6 Å². The Labute approximate surface area is 199 Å². The van der Waals surface area contributed by atoms with E-state index in [1.54, 1.807) is 38.2 Å². The summed E-state index contributed by atoms with van der Waals surface area (Å²) in [6.45, 7) is 1.44. The van der Waals surface area contributed by atoms with Crippen molar-refractivity contribution in [1.82, 2.24) is 20.0 Å². The van der Waals surface area contributed by atoms with Gasteiger partial charge in [0.25, 0.3) is 17.7 Å². The summed E-state index contributed by atoms with van der Waals surface area (Å²) in [6.07, 6.45) is 0. The number of alkyl halides is 2. The number of carbonyl (C=O) groups excluding carboxylic acids is 2. The summed E-state index contributed by atoms with van der Waals surface area (Å²) >= 11 is 0. The molecule has 5 N–H and O–H groups in total. The van der Waals surface area contributed by atoms with Gasteiger partial charge < -0.3 is 16.8 Å². The van der Waals surface area contributed by atoms with Crippen LogP contribution in [-0.2, 0) is 6.54 Å². The molecule has 2 aromatic carbocycles. The molecule has 2 amide bonds. The highest BCUT2D eigenvalue weighted by Crippen LogP contribution is 2.39. The number of halogens is 3. The second-order valence-electron chi connectivity index (χ2n) is 8.73. The van der Waals surface area contributed by atoms with E-state index in [-0.39, 0.29) is 35.7 Å². The van der Waals surface area contributed by atoms with E-state index in [0.717, 1.165) is 4.68 Å². The van der Waals surface area contributed by atoms with E-state index < -0.39 is 36.1 Å². The van der Waals surface area contributed by atoms with Crippen LogP contribution in [0, 0.1) is 12.7 Å². The zero-order valence-electron chi connectivity index (χ0n) is 19.2. The second-order valence-corrected chi connectivity index (χ2v) is 8.73. The van der Waals surface area contributed by atoms with E-state index in [2.05, 4.69) is 10.4 Å². The molecule has 2 heterocycles. The maximum Gasteiger partial charge on any atom is 0.283 e. The Morgan fingerprint density at radius 1 is 1.20 bits per heavy atom. The van der Waals surface area contributed by atoms with E-state index >= 15 is 0 Å². The minimum Gasteiger partial charge on any atom is -0.383 e. The van der Waals surface area contributed by atoms with Crippen molar-refractivity contribution in [2.45, 2.75) is 25.4 Å². The number of amides is 2. The van der Waals surface area contributed by atoms with Gasteiger partial charge in [0.2, 0.25) is 0 Å². The van der Waals surface area contributed by atoms with Crippen LogP contribution in [0.1, 0.15) is 37.9 Å². The Kier molecular flexibility index (Phi) is 6.28. The first-order chi connectivity index (χ1) is 16.5. The third-order valence-corrected chi connectivity index (χ3v) is 6.07. The molecule has 35 heavy (non-hydrogen) atoms. The molecular formula is C24H25F3N6O2. The molecular weight excluding hydrogens is 461 g/mol. The van der Waals surface area contributed by atoms with Gasteiger partial charge in [0.15, 0.2) is 0 Å². The van der Waals surface area contributed by atoms with Crippen molar-refractivity contribution in [1.29, 1.82) is 0 Å². The molecule has 1 aromatic heterocycles. The number of nitrogen functional groups attached to an aromatic ring is 1. The van der Waals surface area contributed by atoms with E-state index in [0.29, 0.717) is 16.7 Å². The number of benzene rings is 2. The van der Waals surface area contributed by atoms with Crippen LogP contribution in [0.3, 0.4) is 0 Å². The highest BCUT2D eigenvalue weighted by Gasteiger charge is 2.49. The number of nitrogens with two attached hydrogens (primary N) is 2. The number of hydrogen-bond acceptors (Lipinski definition) is 5. The number of hydrogen-bond donors (Lipinski definition) is 3. The van der Waals surface area contributed by atoms with Crippen molar-refractivity contribution in [3.8, 4) is 11.3 Å². The zero-order chi connectivity index (χ0) is 25.5. The predicted octanol–water partition coefficient (Wildman–Crippen LogP) is 2.73. The smallest absolute Gasteiger partial charge is 0.283 e. The van der Waals surface area contributed by atoms with Crippen LogP contribution in [-0.4, -0.2) is 52.6 Å². The van der Waals surface area contributed by atoms with Gasteiger partial charge in [0, 0.05) is 24.2 Å². The largest absolute Gasteiger partial charge is 0.383 e. The summed E-state index contributed by atoms with van der Waals surface area (Å²) in [4.78, 5) is 26.0. The Balaban J connectivity index is 1.57. The molecule has 1 atom stereocenters. The van der Waals surface area contributed by atoms with Crippen molar-refractivity contribution in [3.63, 3.8) is 0 Å². The fraction of sp³-hybridized carbons (Fsp3) is 0.292. The number of anilines is 1. The number of likely N-dealkylation sites (tertiary alicyclic amines) is 1. The standard InChI is InChI=1S/C24H25F3N6O2/c1-13-3-8-16(25)9-17(13)23(35)30-10-14-4-6-15(7-5-14)20-19(22(29)34)21(28)33(31-20)18-11-32(2)12-24(18,26)27/h3-9,18H,10-12,28H2,1-2H3,(H2,29,34)(H,30,35). The molecule has 0 bridgehead atoms. The quantitative estimate of drug-likeness (QED) is 0.495. The first-order valence-corrected chi connectivity index (χ1v) is 10.9. The Bertz CT molecular complexity index is 1290. The molecule has 1 unspecified atom stereocenters. The topological polar surface area (TPSA) is 119 Å². The van der Waals surface area contributed by atoms with Crippen LogP contribution < -0.4 is 16.8 Å². The lowest BCUT2D eigenvalue weighted by molar-refractivity contribution is -0.0232. The van der Waals surface area contributed by atoms with Crippen molar-refractivity contribution < 1.29 is 22.8 Å². The summed E-state index contributed by atoms with van der Waals surface area (Å²) in [6, 6.07) is 9.29. The SMILES string of the molecule is Cc1ccc(F)cc1C(=O)NCc1ccc(-c2nn(C3CN(C)CC3(F)F)c(N)c2C(N)=O)cc1. The van der Waals surface area contributed by atoms with Crippen molar-refractivity contribution in [2.75, 3.05) is 25.9 Å². The van der Waals surface area contributed by atoms with Gasteiger partial charge in [-0.25, -0.2) is 17.9 Å². The average Bonchev–Trinajstić information content (AvgIpc) is 3.28. The van der Waals surface area contributed by atoms with E-state index in [1.807, 2.05) is 0 Å². The Hall–Kier alpha value is -3.86. The molecule has 0 spiro atoms. The minimum atomic E-state index is -3.08. The van der Waals surface area contributed by atoms with Crippen LogP contribution in [0.25, 0.3) is 11.3 Å². The maximum absolute atomic E-state index is 14.5. The van der Waals surface area contributed by atoms with Gasteiger partial charge in [-0.1, -0.05) is 30.3 Å². The number of nitrogens with one attached hydrogen (secondary N) is 1. The fourth-order valence-corrected chi connectivity index (χ4v) is 4.24. The molecule has 0 radical (unpaired) electrons. The highest BCUT2D eigenvalue weighted by atomic mass is 19.3. The number of carbonyl (C=O) groups is 2. The molecule has 1 saturated heterocycles.